The Labute approximate surface area is 124 Å². The van der Waals surface area contributed by atoms with Crippen LogP contribution in [-0.4, -0.2) is 37.1 Å². The first-order chi connectivity index (χ1) is 9.74. The summed E-state index contributed by atoms with van der Waals surface area (Å²) in [6.07, 6.45) is 4.07. The SMILES string of the molecule is CCN(CC)c1ncc(CNCCNC(=O)C2CC2)s1. The Bertz CT molecular complexity index is 427. The van der Waals surface area contributed by atoms with Crippen LogP contribution in [-0.2, 0) is 11.3 Å². The second-order valence-corrected chi connectivity index (χ2v) is 6.12. The molecule has 0 spiro atoms. The molecule has 1 saturated carbocycles. The molecule has 2 N–H and O–H groups in total. The van der Waals surface area contributed by atoms with Crippen molar-refractivity contribution in [3.8, 4) is 0 Å². The van der Waals surface area contributed by atoms with Gasteiger partial charge in [-0.1, -0.05) is 0 Å². The van der Waals surface area contributed by atoms with Gasteiger partial charge < -0.3 is 15.5 Å². The number of nitrogens with zero attached hydrogens (tertiary/aromatic N) is 2. The molecule has 1 aromatic rings. The Morgan fingerprint density at radius 2 is 2.15 bits per heavy atom. The molecule has 1 aromatic heterocycles. The molecule has 0 bridgehead atoms. The predicted octanol–water partition coefficient (Wildman–Crippen LogP) is 1.61. The number of rotatable bonds is 9. The second-order valence-electron chi connectivity index (χ2n) is 5.02. The molecule has 0 aliphatic heterocycles. The van der Waals surface area contributed by atoms with Gasteiger partial charge in [-0.15, -0.1) is 11.3 Å². The first-order valence-electron chi connectivity index (χ1n) is 7.42. The summed E-state index contributed by atoms with van der Waals surface area (Å²) in [6.45, 7) is 8.59. The zero-order chi connectivity index (χ0) is 14.4. The number of aromatic nitrogens is 1. The maximum atomic E-state index is 11.4. The number of anilines is 1. The zero-order valence-corrected chi connectivity index (χ0v) is 13.1. The van der Waals surface area contributed by atoms with E-state index in [9.17, 15) is 4.79 Å². The third-order valence-corrected chi connectivity index (χ3v) is 4.48. The van der Waals surface area contributed by atoms with Crippen molar-refractivity contribution in [2.75, 3.05) is 31.1 Å². The fraction of sp³-hybridized carbons (Fsp3) is 0.714. The summed E-state index contributed by atoms with van der Waals surface area (Å²) in [5, 5.41) is 7.38. The van der Waals surface area contributed by atoms with Gasteiger partial charge in [0.05, 0.1) is 0 Å². The summed E-state index contributed by atoms with van der Waals surface area (Å²) in [7, 11) is 0. The van der Waals surface area contributed by atoms with E-state index < -0.39 is 0 Å². The molecule has 0 saturated heterocycles. The standard InChI is InChI=1S/C14H24N4OS/c1-3-18(4-2)14-17-10-12(20-14)9-15-7-8-16-13(19)11-5-6-11/h10-11,15H,3-9H2,1-2H3,(H,16,19). The minimum absolute atomic E-state index is 0.216. The molecule has 0 radical (unpaired) electrons. The minimum atomic E-state index is 0.216. The molecule has 20 heavy (non-hydrogen) atoms. The van der Waals surface area contributed by atoms with Crippen molar-refractivity contribution >= 4 is 22.4 Å². The van der Waals surface area contributed by atoms with Crippen LogP contribution in [0.5, 0.6) is 0 Å². The van der Waals surface area contributed by atoms with Gasteiger partial charge in [0.1, 0.15) is 0 Å². The molecule has 0 aromatic carbocycles. The molecule has 1 fully saturated rings. The summed E-state index contributed by atoms with van der Waals surface area (Å²) < 4.78 is 0. The van der Waals surface area contributed by atoms with Crippen LogP contribution >= 0.6 is 11.3 Å². The Balaban J connectivity index is 1.62. The molecule has 5 nitrogen and oxygen atoms in total. The van der Waals surface area contributed by atoms with Crippen LogP contribution < -0.4 is 15.5 Å². The van der Waals surface area contributed by atoms with Crippen molar-refractivity contribution in [1.82, 2.24) is 15.6 Å². The molecule has 1 aliphatic carbocycles. The quantitative estimate of drug-likeness (QED) is 0.680. The number of carbonyl (C=O) groups excluding carboxylic acids is 1. The lowest BCUT2D eigenvalue weighted by molar-refractivity contribution is -0.122. The van der Waals surface area contributed by atoms with Crippen molar-refractivity contribution in [2.45, 2.75) is 33.2 Å². The van der Waals surface area contributed by atoms with Crippen LogP contribution in [0.15, 0.2) is 6.20 Å². The lowest BCUT2D eigenvalue weighted by atomic mass is 10.4. The first-order valence-corrected chi connectivity index (χ1v) is 8.24. The molecule has 112 valence electrons. The first kappa shape index (κ1) is 15.3. The normalized spacial score (nSPS) is 14.3. The van der Waals surface area contributed by atoms with E-state index in [4.69, 9.17) is 0 Å². The Kier molecular flexibility index (Phi) is 5.79. The van der Waals surface area contributed by atoms with E-state index >= 15 is 0 Å². The Morgan fingerprint density at radius 3 is 2.80 bits per heavy atom. The topological polar surface area (TPSA) is 57.3 Å². The number of hydrogen-bond acceptors (Lipinski definition) is 5. The highest BCUT2D eigenvalue weighted by Crippen LogP contribution is 2.28. The van der Waals surface area contributed by atoms with Crippen molar-refractivity contribution in [3.05, 3.63) is 11.1 Å². The molecule has 0 unspecified atom stereocenters. The number of amides is 1. The molecule has 2 rings (SSSR count). The van der Waals surface area contributed by atoms with E-state index in [2.05, 4.69) is 34.4 Å². The molecular formula is C14H24N4OS. The fourth-order valence-electron chi connectivity index (χ4n) is 1.99. The average Bonchev–Trinajstić information content (AvgIpc) is 3.21. The van der Waals surface area contributed by atoms with Crippen LogP contribution in [0.4, 0.5) is 5.13 Å². The summed E-state index contributed by atoms with van der Waals surface area (Å²) >= 11 is 1.73. The van der Waals surface area contributed by atoms with Crippen LogP contribution in [0.3, 0.4) is 0 Å². The van der Waals surface area contributed by atoms with Gasteiger partial charge in [-0.2, -0.15) is 0 Å². The fourth-order valence-corrected chi connectivity index (χ4v) is 3.00. The van der Waals surface area contributed by atoms with Crippen molar-refractivity contribution < 1.29 is 4.79 Å². The van der Waals surface area contributed by atoms with Gasteiger partial charge in [0, 0.05) is 49.7 Å². The van der Waals surface area contributed by atoms with Crippen LogP contribution in [0, 0.1) is 5.92 Å². The summed E-state index contributed by atoms with van der Waals surface area (Å²) in [4.78, 5) is 19.4. The predicted molar refractivity (Wildman–Crippen MR) is 83.1 cm³/mol. The van der Waals surface area contributed by atoms with E-state index in [0.29, 0.717) is 12.5 Å². The zero-order valence-electron chi connectivity index (χ0n) is 12.3. The summed E-state index contributed by atoms with van der Waals surface area (Å²) in [6, 6.07) is 0. The minimum Gasteiger partial charge on any atom is -0.355 e. The Hall–Kier alpha value is -1.14. The van der Waals surface area contributed by atoms with Gasteiger partial charge in [0.15, 0.2) is 5.13 Å². The van der Waals surface area contributed by atoms with Gasteiger partial charge in [-0.05, 0) is 26.7 Å². The molecule has 1 amide bonds. The molecular weight excluding hydrogens is 272 g/mol. The van der Waals surface area contributed by atoms with E-state index in [0.717, 1.165) is 44.2 Å². The average molecular weight is 296 g/mol. The third-order valence-electron chi connectivity index (χ3n) is 3.42. The van der Waals surface area contributed by atoms with Gasteiger partial charge in [-0.3, -0.25) is 4.79 Å². The highest BCUT2D eigenvalue weighted by molar-refractivity contribution is 7.15. The number of carbonyl (C=O) groups is 1. The Morgan fingerprint density at radius 1 is 1.40 bits per heavy atom. The lowest BCUT2D eigenvalue weighted by Crippen LogP contribution is -2.32. The molecule has 1 heterocycles. The van der Waals surface area contributed by atoms with Crippen molar-refractivity contribution in [2.24, 2.45) is 5.92 Å². The number of nitrogens with one attached hydrogen (secondary N) is 2. The van der Waals surface area contributed by atoms with Crippen LogP contribution in [0.2, 0.25) is 0 Å². The highest BCUT2D eigenvalue weighted by Gasteiger charge is 2.28. The van der Waals surface area contributed by atoms with E-state index in [1.807, 2.05) is 6.20 Å². The van der Waals surface area contributed by atoms with E-state index in [-0.39, 0.29) is 5.91 Å². The maximum Gasteiger partial charge on any atom is 0.223 e. The molecule has 6 heteroatoms. The highest BCUT2D eigenvalue weighted by atomic mass is 32.1. The molecule has 0 atom stereocenters. The molecule has 1 aliphatic rings. The monoisotopic (exact) mass is 296 g/mol. The van der Waals surface area contributed by atoms with Crippen molar-refractivity contribution in [3.63, 3.8) is 0 Å². The smallest absolute Gasteiger partial charge is 0.223 e. The summed E-state index contributed by atoms with van der Waals surface area (Å²) in [5.41, 5.74) is 0. The van der Waals surface area contributed by atoms with Crippen LogP contribution in [0.25, 0.3) is 0 Å². The van der Waals surface area contributed by atoms with E-state index in [1.54, 1.807) is 11.3 Å². The van der Waals surface area contributed by atoms with Crippen LogP contribution in [0.1, 0.15) is 31.6 Å². The van der Waals surface area contributed by atoms with Gasteiger partial charge >= 0.3 is 0 Å². The van der Waals surface area contributed by atoms with Crippen molar-refractivity contribution in [1.29, 1.82) is 0 Å². The second kappa shape index (κ2) is 7.59. The van der Waals surface area contributed by atoms with Gasteiger partial charge in [0.25, 0.3) is 0 Å². The third kappa shape index (κ3) is 4.45. The summed E-state index contributed by atoms with van der Waals surface area (Å²) in [5.74, 6) is 0.515. The number of hydrogen-bond donors (Lipinski definition) is 2. The lowest BCUT2D eigenvalue weighted by Gasteiger charge is -2.16. The largest absolute Gasteiger partial charge is 0.355 e. The van der Waals surface area contributed by atoms with Gasteiger partial charge in [0.2, 0.25) is 5.91 Å². The maximum absolute atomic E-state index is 11.4. The van der Waals surface area contributed by atoms with Gasteiger partial charge in [-0.25, -0.2) is 4.98 Å². The van der Waals surface area contributed by atoms with E-state index in [1.165, 1.54) is 4.88 Å². The number of thiazole rings is 1.